The van der Waals surface area contributed by atoms with Crippen molar-refractivity contribution in [3.05, 3.63) is 11.6 Å². The Morgan fingerprint density at radius 3 is 2.88 bits per heavy atom. The lowest BCUT2D eigenvalue weighted by Crippen LogP contribution is -2.02. The summed E-state index contributed by atoms with van der Waals surface area (Å²) in [4.78, 5) is 0. The molecule has 0 fully saturated rings. The van der Waals surface area contributed by atoms with Crippen molar-refractivity contribution in [3.63, 3.8) is 0 Å². The Balaban J connectivity index is 2.50. The summed E-state index contributed by atoms with van der Waals surface area (Å²) in [6.07, 6.45) is 2.37. The zero-order valence-electron chi connectivity index (χ0n) is 5.48. The van der Waals surface area contributed by atoms with E-state index in [1.54, 1.807) is 5.57 Å². The third-order valence-electron chi connectivity index (χ3n) is 1.28. The van der Waals surface area contributed by atoms with Crippen LogP contribution in [-0.4, -0.2) is 11.5 Å². The first-order chi connectivity index (χ1) is 3.79. The molecule has 1 rings (SSSR count). The molecule has 0 amide bonds. The van der Waals surface area contributed by atoms with E-state index in [4.69, 9.17) is 0 Å². The molecule has 46 valence electrons. The zero-order chi connectivity index (χ0) is 5.98. The minimum absolute atomic E-state index is 0.814. The van der Waals surface area contributed by atoms with Crippen LogP contribution in [0.25, 0.3) is 0 Å². The maximum Gasteiger partial charge on any atom is 0.0140 e. The Bertz CT molecular complexity index is 105. The van der Waals surface area contributed by atoms with Crippen molar-refractivity contribution in [2.24, 2.45) is 5.92 Å². The summed E-state index contributed by atoms with van der Waals surface area (Å²) in [5.41, 5.74) is 1.55. The number of rotatable bonds is 0. The molecule has 0 aliphatic carbocycles. The standard InChI is InChI=1S/C7H12S/c1-6-3-7(2)5-8-4-6/h3,6H,4-5H2,1-2H3. The SMILES string of the molecule is CC1=CC(C)CSC1. The minimum atomic E-state index is 0.814. The Labute approximate surface area is 55.4 Å². The van der Waals surface area contributed by atoms with Crippen LogP contribution in [0.1, 0.15) is 13.8 Å². The van der Waals surface area contributed by atoms with Crippen LogP contribution in [0.4, 0.5) is 0 Å². The van der Waals surface area contributed by atoms with E-state index in [0.717, 1.165) is 5.92 Å². The molecule has 0 nitrogen and oxygen atoms in total. The van der Waals surface area contributed by atoms with E-state index in [2.05, 4.69) is 19.9 Å². The summed E-state index contributed by atoms with van der Waals surface area (Å²) in [6, 6.07) is 0. The van der Waals surface area contributed by atoms with Crippen LogP contribution in [0, 0.1) is 5.92 Å². The largest absolute Gasteiger partial charge is 0.157 e. The van der Waals surface area contributed by atoms with Gasteiger partial charge in [-0.2, -0.15) is 11.8 Å². The number of allylic oxidation sites excluding steroid dienone is 1. The fraction of sp³-hybridized carbons (Fsp3) is 0.714. The second-order valence-corrected chi connectivity index (χ2v) is 3.54. The van der Waals surface area contributed by atoms with Gasteiger partial charge in [0.2, 0.25) is 0 Å². The smallest absolute Gasteiger partial charge is 0.0140 e. The Morgan fingerprint density at radius 2 is 2.50 bits per heavy atom. The highest BCUT2D eigenvalue weighted by atomic mass is 32.2. The second-order valence-electron chi connectivity index (χ2n) is 2.51. The minimum Gasteiger partial charge on any atom is -0.157 e. The molecule has 0 aromatic rings. The van der Waals surface area contributed by atoms with Gasteiger partial charge in [0.15, 0.2) is 0 Å². The fourth-order valence-corrected chi connectivity index (χ4v) is 1.99. The number of hydrogen-bond donors (Lipinski definition) is 0. The van der Waals surface area contributed by atoms with Gasteiger partial charge >= 0.3 is 0 Å². The number of hydrogen-bond acceptors (Lipinski definition) is 1. The quantitative estimate of drug-likeness (QED) is 0.451. The summed E-state index contributed by atoms with van der Waals surface area (Å²) in [7, 11) is 0. The third kappa shape index (κ3) is 1.55. The second kappa shape index (κ2) is 2.58. The third-order valence-corrected chi connectivity index (χ3v) is 2.70. The van der Waals surface area contributed by atoms with E-state index in [9.17, 15) is 0 Å². The molecule has 1 atom stereocenters. The summed E-state index contributed by atoms with van der Waals surface area (Å²) >= 11 is 2.04. The molecule has 1 heteroatoms. The van der Waals surface area contributed by atoms with Crippen molar-refractivity contribution in [1.29, 1.82) is 0 Å². The van der Waals surface area contributed by atoms with Gasteiger partial charge in [0.25, 0.3) is 0 Å². The Hall–Kier alpha value is 0.0900. The van der Waals surface area contributed by atoms with Gasteiger partial charge in [-0.25, -0.2) is 0 Å². The van der Waals surface area contributed by atoms with Crippen molar-refractivity contribution in [2.45, 2.75) is 13.8 Å². The number of thioether (sulfide) groups is 1. The van der Waals surface area contributed by atoms with Gasteiger partial charge in [0, 0.05) is 5.75 Å². The highest BCUT2D eigenvalue weighted by molar-refractivity contribution is 7.99. The molecule has 0 saturated heterocycles. The molecule has 0 saturated carbocycles. The Morgan fingerprint density at radius 1 is 1.75 bits per heavy atom. The van der Waals surface area contributed by atoms with Crippen LogP contribution in [0.15, 0.2) is 11.6 Å². The van der Waals surface area contributed by atoms with Gasteiger partial charge in [-0.3, -0.25) is 0 Å². The summed E-state index contributed by atoms with van der Waals surface area (Å²) in [5, 5.41) is 0. The first-order valence-electron chi connectivity index (χ1n) is 3.04. The zero-order valence-corrected chi connectivity index (χ0v) is 6.29. The fourth-order valence-electron chi connectivity index (χ4n) is 0.988. The molecule has 0 radical (unpaired) electrons. The van der Waals surface area contributed by atoms with Gasteiger partial charge in [-0.1, -0.05) is 18.6 Å². The van der Waals surface area contributed by atoms with E-state index >= 15 is 0 Å². The van der Waals surface area contributed by atoms with E-state index in [-0.39, 0.29) is 0 Å². The monoisotopic (exact) mass is 128 g/mol. The van der Waals surface area contributed by atoms with Crippen molar-refractivity contribution in [3.8, 4) is 0 Å². The van der Waals surface area contributed by atoms with Gasteiger partial charge in [-0.05, 0) is 18.6 Å². The molecule has 0 bridgehead atoms. The summed E-state index contributed by atoms with van der Waals surface area (Å²) < 4.78 is 0. The van der Waals surface area contributed by atoms with Gasteiger partial charge in [-0.15, -0.1) is 0 Å². The molecule has 0 N–H and O–H groups in total. The van der Waals surface area contributed by atoms with E-state index in [1.807, 2.05) is 11.8 Å². The molecule has 8 heavy (non-hydrogen) atoms. The average molecular weight is 128 g/mol. The summed E-state index contributed by atoms with van der Waals surface area (Å²) in [5.74, 6) is 3.38. The van der Waals surface area contributed by atoms with Crippen LogP contribution >= 0.6 is 11.8 Å². The topological polar surface area (TPSA) is 0 Å². The van der Waals surface area contributed by atoms with Crippen molar-refractivity contribution < 1.29 is 0 Å². The van der Waals surface area contributed by atoms with E-state index in [1.165, 1.54) is 11.5 Å². The molecule has 1 aliphatic heterocycles. The highest BCUT2D eigenvalue weighted by Crippen LogP contribution is 2.20. The van der Waals surface area contributed by atoms with Crippen LogP contribution in [-0.2, 0) is 0 Å². The normalized spacial score (nSPS) is 29.8. The molecule has 0 aromatic heterocycles. The van der Waals surface area contributed by atoms with Gasteiger partial charge in [0.1, 0.15) is 0 Å². The van der Waals surface area contributed by atoms with Crippen LogP contribution in [0.2, 0.25) is 0 Å². The predicted octanol–water partition coefficient (Wildman–Crippen LogP) is 2.32. The van der Waals surface area contributed by atoms with Crippen molar-refractivity contribution in [2.75, 3.05) is 11.5 Å². The predicted molar refractivity (Wildman–Crippen MR) is 40.2 cm³/mol. The van der Waals surface area contributed by atoms with Crippen LogP contribution < -0.4 is 0 Å². The maximum atomic E-state index is 2.37. The molecule has 1 aliphatic rings. The summed E-state index contributed by atoms with van der Waals surface area (Å²) in [6.45, 7) is 4.48. The van der Waals surface area contributed by atoms with E-state index in [0.29, 0.717) is 0 Å². The maximum absolute atomic E-state index is 2.37. The first kappa shape index (κ1) is 6.21. The van der Waals surface area contributed by atoms with Crippen LogP contribution in [0.5, 0.6) is 0 Å². The Kier molecular flexibility index (Phi) is 2.01. The highest BCUT2D eigenvalue weighted by Gasteiger charge is 2.04. The van der Waals surface area contributed by atoms with Gasteiger partial charge < -0.3 is 0 Å². The molecule has 0 spiro atoms. The molecular weight excluding hydrogens is 116 g/mol. The first-order valence-corrected chi connectivity index (χ1v) is 4.19. The lowest BCUT2D eigenvalue weighted by Gasteiger charge is -2.13. The van der Waals surface area contributed by atoms with Crippen molar-refractivity contribution in [1.82, 2.24) is 0 Å². The van der Waals surface area contributed by atoms with Crippen molar-refractivity contribution >= 4 is 11.8 Å². The molecule has 1 unspecified atom stereocenters. The molecule has 1 heterocycles. The lowest BCUT2D eigenvalue weighted by atomic mass is 10.1. The molecular formula is C7H12S. The van der Waals surface area contributed by atoms with E-state index < -0.39 is 0 Å². The van der Waals surface area contributed by atoms with Crippen LogP contribution in [0.3, 0.4) is 0 Å². The lowest BCUT2D eigenvalue weighted by molar-refractivity contribution is 0.827. The van der Waals surface area contributed by atoms with Gasteiger partial charge in [0.05, 0.1) is 0 Å². The average Bonchev–Trinajstić information content (AvgIpc) is 1.64. The molecule has 0 aromatic carbocycles.